The van der Waals surface area contributed by atoms with Crippen LogP contribution in [0.5, 0.6) is 0 Å². The molecule has 1 aromatic heterocycles. The van der Waals surface area contributed by atoms with Gasteiger partial charge in [0.15, 0.2) is 6.26 Å². The number of nitrogens with zero attached hydrogens (tertiary/aromatic N) is 2. The summed E-state index contributed by atoms with van der Waals surface area (Å²) in [6, 6.07) is 21.4. The Morgan fingerprint density at radius 2 is 1.67 bits per heavy atom. The molecular formula is C23H24IN2O+. The molecule has 0 radical (unpaired) electrons. The maximum absolute atomic E-state index is 5.32. The fourth-order valence-corrected chi connectivity index (χ4v) is 3.07. The standard InChI is InChI=1S/C21H19N2O.C2H5I/c1-22(2)18-10-7-17(8-11-18)20-12-9-16-5-3-4-6-19(16)21(20)23-13-14-24-15-23;1-2-3/h3-15H,1-2H3;2H2,1H3/q+1;. The molecule has 0 amide bonds. The maximum Gasteiger partial charge on any atom is 0.340 e. The smallest absolute Gasteiger partial charge is 0.340 e. The van der Waals surface area contributed by atoms with Crippen molar-refractivity contribution < 1.29 is 8.98 Å². The van der Waals surface area contributed by atoms with Crippen LogP contribution in [0.1, 0.15) is 6.92 Å². The molecule has 0 saturated heterocycles. The van der Waals surface area contributed by atoms with Gasteiger partial charge in [0.2, 0.25) is 11.9 Å². The average Bonchev–Trinajstić information content (AvgIpc) is 3.22. The Bertz CT molecular complexity index is 993. The van der Waals surface area contributed by atoms with Crippen LogP contribution in [-0.2, 0) is 0 Å². The molecule has 0 aliphatic carbocycles. The summed E-state index contributed by atoms with van der Waals surface area (Å²) in [5.41, 5.74) is 4.71. The summed E-state index contributed by atoms with van der Waals surface area (Å²) in [6.07, 6.45) is 5.37. The molecule has 4 aromatic rings. The summed E-state index contributed by atoms with van der Waals surface area (Å²) in [7, 11) is 4.11. The van der Waals surface area contributed by atoms with Gasteiger partial charge < -0.3 is 9.32 Å². The van der Waals surface area contributed by atoms with Crippen LogP contribution in [-0.4, -0.2) is 18.5 Å². The zero-order valence-electron chi connectivity index (χ0n) is 15.9. The lowest BCUT2D eigenvalue weighted by atomic mass is 9.98. The lowest BCUT2D eigenvalue weighted by molar-refractivity contribution is -0.597. The highest BCUT2D eigenvalue weighted by Gasteiger charge is 2.19. The molecule has 0 bridgehead atoms. The van der Waals surface area contributed by atoms with E-state index < -0.39 is 0 Å². The summed E-state index contributed by atoms with van der Waals surface area (Å²) >= 11 is 2.29. The van der Waals surface area contributed by atoms with Crippen LogP contribution < -0.4 is 9.47 Å². The predicted octanol–water partition coefficient (Wildman–Crippen LogP) is 5.88. The van der Waals surface area contributed by atoms with Crippen molar-refractivity contribution in [2.24, 2.45) is 0 Å². The minimum Gasteiger partial charge on any atom is -0.412 e. The van der Waals surface area contributed by atoms with E-state index in [0.717, 1.165) is 5.69 Å². The summed E-state index contributed by atoms with van der Waals surface area (Å²) in [6.45, 7) is 2.11. The second kappa shape index (κ2) is 9.04. The van der Waals surface area contributed by atoms with E-state index >= 15 is 0 Å². The Balaban J connectivity index is 0.000000659. The zero-order valence-corrected chi connectivity index (χ0v) is 18.1. The highest BCUT2D eigenvalue weighted by atomic mass is 127. The molecule has 0 aliphatic rings. The highest BCUT2D eigenvalue weighted by molar-refractivity contribution is 14.1. The SMILES string of the molecule is CCI.CN(C)c1ccc(-c2ccc3ccccc3c2-[n+]2ccoc2)cc1. The summed E-state index contributed by atoms with van der Waals surface area (Å²) in [5.74, 6) is 0. The number of rotatable bonds is 3. The predicted molar refractivity (Wildman–Crippen MR) is 122 cm³/mol. The van der Waals surface area contributed by atoms with Gasteiger partial charge in [-0.15, -0.1) is 4.57 Å². The number of anilines is 1. The molecule has 138 valence electrons. The molecule has 0 fully saturated rings. The van der Waals surface area contributed by atoms with Crippen LogP contribution >= 0.6 is 22.6 Å². The van der Waals surface area contributed by atoms with Crippen molar-refractivity contribution >= 4 is 39.1 Å². The van der Waals surface area contributed by atoms with E-state index in [9.17, 15) is 0 Å². The van der Waals surface area contributed by atoms with E-state index in [1.807, 2.05) is 10.8 Å². The first-order chi connectivity index (χ1) is 13.2. The lowest BCUT2D eigenvalue weighted by Gasteiger charge is -2.13. The second-order valence-corrected chi connectivity index (χ2v) is 7.85. The molecule has 27 heavy (non-hydrogen) atoms. The molecule has 3 nitrogen and oxygen atoms in total. The molecular weight excluding hydrogens is 447 g/mol. The van der Waals surface area contributed by atoms with E-state index in [4.69, 9.17) is 4.42 Å². The number of halogens is 1. The summed E-state index contributed by atoms with van der Waals surface area (Å²) < 4.78 is 8.57. The lowest BCUT2D eigenvalue weighted by Crippen LogP contribution is -2.28. The Morgan fingerprint density at radius 3 is 2.30 bits per heavy atom. The normalized spacial score (nSPS) is 10.4. The van der Waals surface area contributed by atoms with Gasteiger partial charge in [-0.3, -0.25) is 0 Å². The molecule has 1 heterocycles. The van der Waals surface area contributed by atoms with Gasteiger partial charge in [0.25, 0.3) is 0 Å². The Hall–Kier alpha value is -2.34. The fraction of sp³-hybridized carbons (Fsp3) is 0.174. The first kappa shape index (κ1) is 19.4. The number of fused-ring (bicyclic) bond motifs is 1. The molecule has 0 saturated carbocycles. The van der Waals surface area contributed by atoms with E-state index in [-0.39, 0.29) is 0 Å². The monoisotopic (exact) mass is 471 g/mol. The topological polar surface area (TPSA) is 20.3 Å². The van der Waals surface area contributed by atoms with Crippen molar-refractivity contribution in [1.29, 1.82) is 0 Å². The quantitative estimate of drug-likeness (QED) is 0.211. The molecule has 0 spiro atoms. The van der Waals surface area contributed by atoms with Gasteiger partial charge in [0.05, 0.1) is 10.9 Å². The number of alkyl halides is 1. The molecule has 0 atom stereocenters. The van der Waals surface area contributed by atoms with Crippen molar-refractivity contribution in [3.63, 3.8) is 0 Å². The van der Waals surface area contributed by atoms with Crippen molar-refractivity contribution in [2.75, 3.05) is 23.4 Å². The number of hydrogen-bond donors (Lipinski definition) is 0. The van der Waals surface area contributed by atoms with E-state index in [0.29, 0.717) is 0 Å². The fourth-order valence-electron chi connectivity index (χ4n) is 3.07. The Kier molecular flexibility index (Phi) is 6.50. The number of oxazole rings is 1. The summed E-state index contributed by atoms with van der Waals surface area (Å²) in [4.78, 5) is 2.11. The Morgan fingerprint density at radius 1 is 0.963 bits per heavy atom. The van der Waals surface area contributed by atoms with Gasteiger partial charge in [-0.2, -0.15) is 0 Å². The molecule has 0 N–H and O–H groups in total. The van der Waals surface area contributed by atoms with Crippen molar-refractivity contribution in [3.05, 3.63) is 79.5 Å². The van der Waals surface area contributed by atoms with Crippen LogP contribution in [0.2, 0.25) is 0 Å². The second-order valence-electron chi connectivity index (χ2n) is 6.33. The molecule has 0 unspecified atom stereocenters. The molecule has 0 aliphatic heterocycles. The zero-order chi connectivity index (χ0) is 19.2. The van der Waals surface area contributed by atoms with Crippen molar-refractivity contribution in [1.82, 2.24) is 0 Å². The minimum absolute atomic E-state index is 1.14. The van der Waals surface area contributed by atoms with Gasteiger partial charge in [0, 0.05) is 19.8 Å². The van der Waals surface area contributed by atoms with E-state index in [2.05, 4.69) is 109 Å². The minimum atomic E-state index is 1.14. The number of aromatic nitrogens is 1. The third-order valence-corrected chi connectivity index (χ3v) is 4.33. The molecule has 3 aromatic carbocycles. The molecule has 4 heteroatoms. The van der Waals surface area contributed by atoms with E-state index in [1.165, 1.54) is 32.0 Å². The highest BCUT2D eigenvalue weighted by Crippen LogP contribution is 2.31. The van der Waals surface area contributed by atoms with E-state index in [1.54, 1.807) is 12.7 Å². The Labute approximate surface area is 174 Å². The largest absolute Gasteiger partial charge is 0.412 e. The summed E-state index contributed by atoms with van der Waals surface area (Å²) in [5, 5.41) is 2.42. The van der Waals surface area contributed by atoms with Crippen LogP contribution in [0, 0.1) is 0 Å². The third-order valence-electron chi connectivity index (χ3n) is 4.33. The average molecular weight is 471 g/mol. The first-order valence-electron chi connectivity index (χ1n) is 8.95. The van der Waals surface area contributed by atoms with Gasteiger partial charge in [-0.25, -0.2) is 0 Å². The van der Waals surface area contributed by atoms with Gasteiger partial charge in [0.1, 0.15) is 0 Å². The maximum atomic E-state index is 5.32. The number of benzene rings is 3. The van der Waals surface area contributed by atoms with Gasteiger partial charge in [-0.05, 0) is 39.6 Å². The first-order valence-corrected chi connectivity index (χ1v) is 10.5. The van der Waals surface area contributed by atoms with Crippen LogP contribution in [0.4, 0.5) is 5.69 Å². The van der Waals surface area contributed by atoms with Crippen LogP contribution in [0.15, 0.2) is 83.9 Å². The van der Waals surface area contributed by atoms with Crippen molar-refractivity contribution in [3.8, 4) is 16.8 Å². The third kappa shape index (κ3) is 4.33. The van der Waals surface area contributed by atoms with Crippen LogP contribution in [0.3, 0.4) is 0 Å². The van der Waals surface area contributed by atoms with Gasteiger partial charge >= 0.3 is 6.39 Å². The van der Waals surface area contributed by atoms with Crippen LogP contribution in [0.25, 0.3) is 27.6 Å². The van der Waals surface area contributed by atoms with Crippen molar-refractivity contribution in [2.45, 2.75) is 6.92 Å². The molecule has 4 rings (SSSR count). The number of hydrogen-bond acceptors (Lipinski definition) is 2. The van der Waals surface area contributed by atoms with Gasteiger partial charge in [-0.1, -0.05) is 65.9 Å².